The zero-order chi connectivity index (χ0) is 13.0. The molecule has 0 heterocycles. The normalized spacial score (nSPS) is 12.2. The van der Waals surface area contributed by atoms with Gasteiger partial charge in [0.1, 0.15) is 11.6 Å². The average molecular weight is 249 g/mol. The van der Waals surface area contributed by atoms with E-state index in [1.165, 1.54) is 30.3 Å². The van der Waals surface area contributed by atoms with E-state index in [-0.39, 0.29) is 12.4 Å². The van der Waals surface area contributed by atoms with Crippen molar-refractivity contribution in [1.29, 1.82) is 0 Å². The molecule has 0 bridgehead atoms. The molecule has 0 aliphatic rings. The Morgan fingerprint density at radius 3 is 2.33 bits per heavy atom. The van der Waals surface area contributed by atoms with Crippen molar-refractivity contribution < 1.29 is 13.9 Å². The summed E-state index contributed by atoms with van der Waals surface area (Å²) in [7, 11) is 0. The van der Waals surface area contributed by atoms with E-state index >= 15 is 0 Å². The van der Waals surface area contributed by atoms with Crippen LogP contribution >= 0.6 is 0 Å². The minimum atomic E-state index is -0.844. The lowest BCUT2D eigenvalue weighted by Gasteiger charge is -2.13. The number of rotatable bonds is 4. The standard InChI is InChI=1S/C14H13F2NO/c15-11-4-1-3-10(7-11)14(18)9-17-13-6-2-5-12(16)8-13/h1-8,14,17-18H,9H2. The van der Waals surface area contributed by atoms with Crippen molar-refractivity contribution in [2.45, 2.75) is 6.10 Å². The van der Waals surface area contributed by atoms with Crippen molar-refractivity contribution in [2.75, 3.05) is 11.9 Å². The van der Waals surface area contributed by atoms with Crippen molar-refractivity contribution in [3.8, 4) is 0 Å². The molecule has 1 atom stereocenters. The molecule has 0 amide bonds. The van der Waals surface area contributed by atoms with Crippen LogP contribution in [0.2, 0.25) is 0 Å². The third-order valence-electron chi connectivity index (χ3n) is 2.56. The lowest BCUT2D eigenvalue weighted by Crippen LogP contribution is -2.12. The largest absolute Gasteiger partial charge is 0.387 e. The van der Waals surface area contributed by atoms with Gasteiger partial charge in [0.25, 0.3) is 0 Å². The summed E-state index contributed by atoms with van der Waals surface area (Å²) in [6.45, 7) is 0.187. The molecule has 0 aliphatic heterocycles. The lowest BCUT2D eigenvalue weighted by atomic mass is 10.1. The first-order chi connectivity index (χ1) is 8.65. The van der Waals surface area contributed by atoms with Crippen LogP contribution in [0.1, 0.15) is 11.7 Å². The molecule has 0 spiro atoms. The predicted molar refractivity (Wildman–Crippen MR) is 66.2 cm³/mol. The van der Waals surface area contributed by atoms with E-state index in [9.17, 15) is 13.9 Å². The molecule has 0 saturated heterocycles. The fourth-order valence-electron chi connectivity index (χ4n) is 1.64. The minimum absolute atomic E-state index is 0.187. The molecule has 18 heavy (non-hydrogen) atoms. The van der Waals surface area contributed by atoms with E-state index in [1.807, 2.05) is 0 Å². The van der Waals surface area contributed by atoms with E-state index in [2.05, 4.69) is 5.32 Å². The van der Waals surface area contributed by atoms with E-state index < -0.39 is 11.9 Å². The average Bonchev–Trinajstić information content (AvgIpc) is 2.36. The summed E-state index contributed by atoms with van der Waals surface area (Å²) in [4.78, 5) is 0. The molecule has 0 saturated carbocycles. The van der Waals surface area contributed by atoms with Gasteiger partial charge in [0.05, 0.1) is 6.10 Å². The second kappa shape index (κ2) is 5.60. The summed E-state index contributed by atoms with van der Waals surface area (Å²) in [5, 5.41) is 12.7. The summed E-state index contributed by atoms with van der Waals surface area (Å²) in [5.41, 5.74) is 1.06. The Balaban J connectivity index is 1.98. The maximum atomic E-state index is 13.0. The number of benzene rings is 2. The van der Waals surface area contributed by atoms with Crippen LogP contribution in [0.5, 0.6) is 0 Å². The Morgan fingerprint density at radius 2 is 1.67 bits per heavy atom. The second-order valence-corrected chi connectivity index (χ2v) is 3.96. The highest BCUT2D eigenvalue weighted by molar-refractivity contribution is 5.43. The van der Waals surface area contributed by atoms with E-state index in [4.69, 9.17) is 0 Å². The number of aliphatic hydroxyl groups excluding tert-OH is 1. The van der Waals surface area contributed by atoms with Crippen LogP contribution < -0.4 is 5.32 Å². The fourth-order valence-corrected chi connectivity index (χ4v) is 1.64. The molecule has 2 aromatic rings. The van der Waals surface area contributed by atoms with Gasteiger partial charge in [0.2, 0.25) is 0 Å². The summed E-state index contributed by atoms with van der Waals surface area (Å²) in [5.74, 6) is -0.738. The maximum absolute atomic E-state index is 13.0. The zero-order valence-electron chi connectivity index (χ0n) is 9.61. The highest BCUT2D eigenvalue weighted by Gasteiger charge is 2.08. The van der Waals surface area contributed by atoms with Crippen LogP contribution in [0.15, 0.2) is 48.5 Å². The first-order valence-corrected chi connectivity index (χ1v) is 5.58. The van der Waals surface area contributed by atoms with Crippen molar-refractivity contribution >= 4 is 5.69 Å². The lowest BCUT2D eigenvalue weighted by molar-refractivity contribution is 0.191. The second-order valence-electron chi connectivity index (χ2n) is 3.96. The van der Waals surface area contributed by atoms with Crippen LogP contribution in [0.3, 0.4) is 0 Å². The molecule has 0 radical (unpaired) electrons. The van der Waals surface area contributed by atoms with Crippen molar-refractivity contribution in [3.63, 3.8) is 0 Å². The van der Waals surface area contributed by atoms with Gasteiger partial charge in [0, 0.05) is 12.2 Å². The summed E-state index contributed by atoms with van der Waals surface area (Å²) in [6, 6.07) is 11.7. The fraction of sp³-hybridized carbons (Fsp3) is 0.143. The Morgan fingerprint density at radius 1 is 1.00 bits per heavy atom. The van der Waals surface area contributed by atoms with Gasteiger partial charge in [-0.3, -0.25) is 0 Å². The zero-order valence-corrected chi connectivity index (χ0v) is 9.61. The molecule has 2 nitrogen and oxygen atoms in total. The van der Waals surface area contributed by atoms with Crippen molar-refractivity contribution in [2.24, 2.45) is 0 Å². The van der Waals surface area contributed by atoms with Crippen LogP contribution in [0, 0.1) is 11.6 Å². The molecule has 0 aliphatic carbocycles. The van der Waals surface area contributed by atoms with Crippen molar-refractivity contribution in [1.82, 2.24) is 0 Å². The van der Waals surface area contributed by atoms with Gasteiger partial charge < -0.3 is 10.4 Å². The number of aliphatic hydroxyl groups is 1. The molecule has 0 aromatic heterocycles. The van der Waals surface area contributed by atoms with Gasteiger partial charge >= 0.3 is 0 Å². The third kappa shape index (κ3) is 3.28. The molecule has 2 N–H and O–H groups in total. The number of nitrogens with one attached hydrogen (secondary N) is 1. The highest BCUT2D eigenvalue weighted by atomic mass is 19.1. The molecule has 0 fully saturated rings. The van der Waals surface area contributed by atoms with E-state index in [0.717, 1.165) is 0 Å². The Hall–Kier alpha value is -1.94. The number of hydrogen-bond acceptors (Lipinski definition) is 2. The predicted octanol–water partition coefficient (Wildman–Crippen LogP) is 3.11. The number of anilines is 1. The minimum Gasteiger partial charge on any atom is -0.387 e. The topological polar surface area (TPSA) is 32.3 Å². The van der Waals surface area contributed by atoms with Crippen LogP contribution in [-0.4, -0.2) is 11.7 Å². The molecule has 4 heteroatoms. The van der Waals surface area contributed by atoms with Gasteiger partial charge in [-0.2, -0.15) is 0 Å². The first kappa shape index (κ1) is 12.5. The Labute approximate surface area is 104 Å². The number of hydrogen-bond donors (Lipinski definition) is 2. The summed E-state index contributed by atoms with van der Waals surface area (Å²) < 4.78 is 25.9. The van der Waals surface area contributed by atoms with Crippen molar-refractivity contribution in [3.05, 3.63) is 65.7 Å². The SMILES string of the molecule is OC(CNc1cccc(F)c1)c1cccc(F)c1. The molecule has 2 aromatic carbocycles. The highest BCUT2D eigenvalue weighted by Crippen LogP contribution is 2.16. The molecular weight excluding hydrogens is 236 g/mol. The van der Waals surface area contributed by atoms with Crippen LogP contribution in [0.4, 0.5) is 14.5 Å². The van der Waals surface area contributed by atoms with Gasteiger partial charge in [-0.25, -0.2) is 8.78 Å². The Bertz CT molecular complexity index is 531. The molecule has 94 valence electrons. The van der Waals surface area contributed by atoms with Gasteiger partial charge in [-0.05, 0) is 35.9 Å². The third-order valence-corrected chi connectivity index (χ3v) is 2.56. The molecule has 1 unspecified atom stereocenters. The monoisotopic (exact) mass is 249 g/mol. The smallest absolute Gasteiger partial charge is 0.125 e. The van der Waals surface area contributed by atoms with E-state index in [0.29, 0.717) is 11.3 Å². The van der Waals surface area contributed by atoms with Crippen LogP contribution in [0.25, 0.3) is 0 Å². The maximum Gasteiger partial charge on any atom is 0.125 e. The quantitative estimate of drug-likeness (QED) is 0.872. The summed E-state index contributed by atoms with van der Waals surface area (Å²) >= 11 is 0. The van der Waals surface area contributed by atoms with Gasteiger partial charge in [-0.15, -0.1) is 0 Å². The Kier molecular flexibility index (Phi) is 3.89. The summed E-state index contributed by atoms with van der Waals surface area (Å²) in [6.07, 6.45) is -0.844. The number of halogens is 2. The first-order valence-electron chi connectivity index (χ1n) is 5.58. The van der Waals surface area contributed by atoms with Gasteiger partial charge in [0.15, 0.2) is 0 Å². The molecule has 2 rings (SSSR count). The van der Waals surface area contributed by atoms with Crippen LogP contribution in [-0.2, 0) is 0 Å². The van der Waals surface area contributed by atoms with Gasteiger partial charge in [-0.1, -0.05) is 18.2 Å². The van der Waals surface area contributed by atoms with E-state index in [1.54, 1.807) is 18.2 Å². The molecular formula is C14H13F2NO.